The highest BCUT2D eigenvalue weighted by atomic mass is 16.5. The summed E-state index contributed by atoms with van der Waals surface area (Å²) >= 11 is 0. The highest BCUT2D eigenvalue weighted by molar-refractivity contribution is 5.63. The van der Waals surface area contributed by atoms with Crippen LogP contribution in [0.5, 0.6) is 23.0 Å². The topological polar surface area (TPSA) is 70.5 Å². The smallest absolute Gasteiger partial charge is 0.129 e. The van der Waals surface area contributed by atoms with Crippen LogP contribution in [-0.4, -0.2) is 0 Å². The molecule has 4 nitrogen and oxygen atoms in total. The second-order valence-electron chi connectivity index (χ2n) is 14.7. The van der Waals surface area contributed by atoms with Crippen LogP contribution in [0.2, 0.25) is 0 Å². The van der Waals surface area contributed by atoms with Crippen molar-refractivity contribution in [2.45, 2.75) is 96.3 Å². The highest BCUT2D eigenvalue weighted by Crippen LogP contribution is 2.63. The van der Waals surface area contributed by atoms with E-state index in [0.717, 1.165) is 58.3 Å². The van der Waals surface area contributed by atoms with Crippen LogP contribution in [-0.2, 0) is 16.2 Å². The number of nitrogens with two attached hydrogens (primary N) is 2. The average Bonchev–Trinajstić information content (AvgIpc) is 3.27. The molecule has 0 unspecified atom stereocenters. The predicted molar refractivity (Wildman–Crippen MR) is 179 cm³/mol. The van der Waals surface area contributed by atoms with Crippen LogP contribution in [0.4, 0.5) is 11.4 Å². The van der Waals surface area contributed by atoms with Crippen LogP contribution in [0.15, 0.2) is 72.8 Å². The fraction of sp³-hybridized carbons (Fsp3) is 0.385. The van der Waals surface area contributed by atoms with E-state index < -0.39 is 0 Å². The maximum absolute atomic E-state index is 6.45. The normalized spacial score (nSPS) is 17.3. The minimum atomic E-state index is -0.141. The number of hydrogen-bond donors (Lipinski definition) is 2. The number of anilines is 2. The molecule has 1 spiro atoms. The summed E-state index contributed by atoms with van der Waals surface area (Å²) in [6.07, 6.45) is 2.06. The van der Waals surface area contributed by atoms with Gasteiger partial charge in [0.05, 0.1) is 0 Å². The Bertz CT molecular complexity index is 1590. The highest BCUT2D eigenvalue weighted by Gasteiger charge is 2.56. The van der Waals surface area contributed by atoms with Crippen molar-refractivity contribution >= 4 is 11.4 Å². The fourth-order valence-corrected chi connectivity index (χ4v) is 7.99. The number of hydrogen-bond acceptors (Lipinski definition) is 4. The first kappa shape index (κ1) is 29.2. The number of benzene rings is 4. The SMILES string of the molecule is CC(C)c1ccc(Oc2ccc3c(c2)C2(CC3(C)C)CC(C)(C)c3ccc(Oc4ccc(C(C)C)c(N)c4)cc32)cc1N. The summed E-state index contributed by atoms with van der Waals surface area (Å²) in [7, 11) is 0. The molecule has 0 atom stereocenters. The Morgan fingerprint density at radius 3 is 1.21 bits per heavy atom. The molecule has 2 aliphatic rings. The lowest BCUT2D eigenvalue weighted by Crippen LogP contribution is -2.27. The van der Waals surface area contributed by atoms with E-state index in [1.807, 2.05) is 24.3 Å². The molecule has 43 heavy (non-hydrogen) atoms. The molecule has 6 rings (SSSR count). The maximum atomic E-state index is 6.45. The van der Waals surface area contributed by atoms with Gasteiger partial charge in [-0.3, -0.25) is 0 Å². The van der Waals surface area contributed by atoms with Crippen molar-refractivity contribution in [2.24, 2.45) is 0 Å². The molecule has 2 aliphatic carbocycles. The molecule has 4 aromatic carbocycles. The van der Waals surface area contributed by atoms with E-state index in [-0.39, 0.29) is 16.2 Å². The van der Waals surface area contributed by atoms with Crippen molar-refractivity contribution in [1.82, 2.24) is 0 Å². The summed E-state index contributed by atoms with van der Waals surface area (Å²) in [5, 5.41) is 0. The molecule has 0 radical (unpaired) electrons. The number of nitrogen functional groups attached to an aromatic ring is 2. The summed E-state index contributed by atoms with van der Waals surface area (Å²) in [5.41, 5.74) is 22.0. The van der Waals surface area contributed by atoms with Crippen LogP contribution in [0.25, 0.3) is 0 Å². The molecule has 0 amide bonds. The third kappa shape index (κ3) is 4.95. The van der Waals surface area contributed by atoms with Crippen molar-refractivity contribution in [1.29, 1.82) is 0 Å². The summed E-state index contributed by atoms with van der Waals surface area (Å²) in [4.78, 5) is 0. The Hall–Kier alpha value is -3.92. The Labute approximate surface area is 257 Å². The Kier molecular flexibility index (Phi) is 6.84. The van der Waals surface area contributed by atoms with Gasteiger partial charge in [0.25, 0.3) is 0 Å². The summed E-state index contributed by atoms with van der Waals surface area (Å²) in [5.74, 6) is 3.94. The Morgan fingerprint density at radius 1 is 0.512 bits per heavy atom. The van der Waals surface area contributed by atoms with Crippen LogP contribution in [0, 0.1) is 0 Å². The largest absolute Gasteiger partial charge is 0.457 e. The summed E-state index contributed by atoms with van der Waals surface area (Å²) in [6.45, 7) is 18.1. The molecule has 0 saturated heterocycles. The van der Waals surface area contributed by atoms with Crippen molar-refractivity contribution in [2.75, 3.05) is 11.5 Å². The van der Waals surface area contributed by atoms with Crippen molar-refractivity contribution in [3.63, 3.8) is 0 Å². The van der Waals surface area contributed by atoms with Crippen molar-refractivity contribution in [3.05, 3.63) is 106 Å². The Balaban J connectivity index is 1.40. The van der Waals surface area contributed by atoms with E-state index in [4.69, 9.17) is 20.9 Å². The monoisotopic (exact) mass is 574 g/mol. The van der Waals surface area contributed by atoms with Gasteiger partial charge in [-0.2, -0.15) is 0 Å². The van der Waals surface area contributed by atoms with E-state index in [1.165, 1.54) is 22.3 Å². The van der Waals surface area contributed by atoms with Gasteiger partial charge >= 0.3 is 0 Å². The molecule has 0 heterocycles. The lowest BCUT2D eigenvalue weighted by Gasteiger charge is -2.30. The van der Waals surface area contributed by atoms with Gasteiger partial charge in [-0.05, 0) is 105 Å². The zero-order valence-electron chi connectivity index (χ0n) is 27.0. The number of rotatable bonds is 6. The Morgan fingerprint density at radius 2 is 0.860 bits per heavy atom. The van der Waals surface area contributed by atoms with Crippen molar-refractivity contribution in [3.8, 4) is 23.0 Å². The maximum Gasteiger partial charge on any atom is 0.129 e. The predicted octanol–water partition coefficient (Wildman–Crippen LogP) is 10.3. The molecule has 0 aliphatic heterocycles. The van der Waals surface area contributed by atoms with Crippen molar-refractivity contribution < 1.29 is 9.47 Å². The summed E-state index contributed by atoms with van der Waals surface area (Å²) < 4.78 is 12.9. The second kappa shape index (κ2) is 10.1. The number of fused-ring (bicyclic) bond motifs is 4. The van der Waals surface area contributed by atoms with Gasteiger partial charge in [0.2, 0.25) is 0 Å². The molecule has 4 N–H and O–H groups in total. The quantitative estimate of drug-likeness (QED) is 0.225. The van der Waals surface area contributed by atoms with Gasteiger partial charge in [-0.1, -0.05) is 79.7 Å². The molecule has 0 saturated carbocycles. The van der Waals surface area contributed by atoms with Gasteiger partial charge in [-0.25, -0.2) is 0 Å². The summed E-state index contributed by atoms with van der Waals surface area (Å²) in [6, 6.07) is 25.4. The first-order valence-corrected chi connectivity index (χ1v) is 15.6. The second-order valence-corrected chi connectivity index (χ2v) is 14.7. The molecule has 4 heteroatoms. The number of ether oxygens (including phenoxy) is 2. The van der Waals surface area contributed by atoms with Gasteiger partial charge < -0.3 is 20.9 Å². The fourth-order valence-electron chi connectivity index (χ4n) is 7.99. The van der Waals surface area contributed by atoms with E-state index in [2.05, 4.69) is 104 Å². The zero-order valence-corrected chi connectivity index (χ0v) is 27.0. The van der Waals surface area contributed by atoms with E-state index in [9.17, 15) is 0 Å². The zero-order chi connectivity index (χ0) is 30.9. The van der Waals surface area contributed by atoms with Gasteiger partial charge in [0, 0.05) is 28.9 Å². The minimum Gasteiger partial charge on any atom is -0.457 e. The van der Waals surface area contributed by atoms with Crippen LogP contribution >= 0.6 is 0 Å². The third-order valence-corrected chi connectivity index (χ3v) is 9.79. The van der Waals surface area contributed by atoms with E-state index >= 15 is 0 Å². The van der Waals surface area contributed by atoms with E-state index in [1.54, 1.807) is 0 Å². The molecular formula is C39H46N2O2. The molecule has 4 aromatic rings. The molecular weight excluding hydrogens is 528 g/mol. The van der Waals surface area contributed by atoms with E-state index in [0.29, 0.717) is 11.8 Å². The first-order chi connectivity index (χ1) is 20.2. The lowest BCUT2D eigenvalue weighted by atomic mass is 9.72. The molecule has 0 fully saturated rings. The van der Waals surface area contributed by atoms with Crippen LogP contribution < -0.4 is 20.9 Å². The minimum absolute atomic E-state index is 0.0207. The van der Waals surface area contributed by atoms with Gasteiger partial charge in [0.1, 0.15) is 23.0 Å². The molecule has 0 bridgehead atoms. The molecule has 224 valence electrons. The standard InChI is InChI=1S/C39H46N2O2/c1-23(2)29-13-9-27(19-35(29)40)42-25-11-15-31-33(17-25)39(21-37(31,5)6)22-38(7,8)32-16-12-26(18-34(32)39)43-28-10-14-30(24(3)4)36(41)20-28/h9-20,23-24H,21-22,40-41H2,1-8H3. The average molecular weight is 575 g/mol. The third-order valence-electron chi connectivity index (χ3n) is 9.79. The first-order valence-electron chi connectivity index (χ1n) is 15.6. The molecule has 0 aromatic heterocycles. The van der Waals surface area contributed by atoms with Crippen LogP contribution in [0.1, 0.15) is 113 Å². The lowest BCUT2D eigenvalue weighted by molar-refractivity contribution is 0.349. The van der Waals surface area contributed by atoms with Crippen LogP contribution in [0.3, 0.4) is 0 Å². The van der Waals surface area contributed by atoms with Gasteiger partial charge in [0.15, 0.2) is 0 Å². The van der Waals surface area contributed by atoms with Gasteiger partial charge in [-0.15, -0.1) is 0 Å².